The van der Waals surface area contributed by atoms with Crippen molar-refractivity contribution >= 4 is 6.09 Å². The van der Waals surface area contributed by atoms with Gasteiger partial charge in [0.05, 0.1) is 45.7 Å². The number of carbonyl (C=O) groups excluding carboxylic acids is 1. The SMILES string of the molecule is CC(C)=CCC[C@]1(C)Oc2cc(OCCOCCO)ccc2[C@H]2OC[C@@]3(C[C@@H]21)CN(C(=O)OC(C)(C)C)CCO3. The lowest BCUT2D eigenvalue weighted by Crippen LogP contribution is -2.63. The number of ether oxygens (including phenoxy) is 6. The van der Waals surface area contributed by atoms with E-state index in [0.29, 0.717) is 58.3 Å². The van der Waals surface area contributed by atoms with Gasteiger partial charge in [0.25, 0.3) is 0 Å². The molecule has 1 spiro atoms. The minimum absolute atomic E-state index is 0.00801. The lowest BCUT2D eigenvalue weighted by Gasteiger charge is -2.55. The number of amides is 1. The number of aliphatic hydroxyl groups is 1. The quantitative estimate of drug-likeness (QED) is 0.330. The Morgan fingerprint density at radius 3 is 2.75 bits per heavy atom. The molecule has 0 unspecified atom stereocenters. The first-order valence-electron chi connectivity index (χ1n) is 14.4. The van der Waals surface area contributed by atoms with Crippen molar-refractivity contribution < 1.29 is 38.3 Å². The second kappa shape index (κ2) is 12.7. The molecule has 1 N–H and O–H groups in total. The Morgan fingerprint density at radius 1 is 1.23 bits per heavy atom. The van der Waals surface area contributed by atoms with Gasteiger partial charge in [-0.1, -0.05) is 11.6 Å². The second-order valence-electron chi connectivity index (χ2n) is 12.6. The summed E-state index contributed by atoms with van der Waals surface area (Å²) < 4.78 is 36.7. The lowest BCUT2D eigenvalue weighted by molar-refractivity contribution is -0.231. The number of carbonyl (C=O) groups is 1. The highest BCUT2D eigenvalue weighted by atomic mass is 16.6. The fourth-order valence-electron chi connectivity index (χ4n) is 5.83. The average Bonchev–Trinajstić information content (AvgIpc) is 2.87. The predicted octanol–water partition coefficient (Wildman–Crippen LogP) is 5.06. The Morgan fingerprint density at radius 2 is 2.02 bits per heavy atom. The molecule has 3 aliphatic rings. The molecule has 2 saturated heterocycles. The zero-order valence-corrected chi connectivity index (χ0v) is 25.0. The fourth-order valence-corrected chi connectivity index (χ4v) is 5.83. The van der Waals surface area contributed by atoms with E-state index in [4.69, 9.17) is 33.5 Å². The summed E-state index contributed by atoms with van der Waals surface area (Å²) in [4.78, 5) is 14.7. The van der Waals surface area contributed by atoms with Crippen LogP contribution in [-0.2, 0) is 18.9 Å². The third kappa shape index (κ3) is 7.49. The molecule has 224 valence electrons. The van der Waals surface area contributed by atoms with Crippen molar-refractivity contribution in [1.82, 2.24) is 4.90 Å². The van der Waals surface area contributed by atoms with E-state index in [1.54, 1.807) is 4.90 Å². The van der Waals surface area contributed by atoms with E-state index in [2.05, 4.69) is 26.8 Å². The molecule has 3 heterocycles. The van der Waals surface area contributed by atoms with E-state index in [-0.39, 0.29) is 24.7 Å². The van der Waals surface area contributed by atoms with Gasteiger partial charge in [-0.3, -0.25) is 0 Å². The Hall–Kier alpha value is -2.33. The molecule has 0 saturated carbocycles. The van der Waals surface area contributed by atoms with Gasteiger partial charge in [-0.25, -0.2) is 4.79 Å². The number of allylic oxidation sites excluding steroid dienone is 2. The molecule has 1 aromatic carbocycles. The van der Waals surface area contributed by atoms with Gasteiger partial charge in [-0.15, -0.1) is 0 Å². The number of benzene rings is 1. The summed E-state index contributed by atoms with van der Waals surface area (Å²) in [6, 6.07) is 5.90. The molecule has 0 aromatic heterocycles. The summed E-state index contributed by atoms with van der Waals surface area (Å²) in [7, 11) is 0. The zero-order chi connectivity index (χ0) is 29.0. The van der Waals surface area contributed by atoms with E-state index in [0.717, 1.165) is 24.2 Å². The van der Waals surface area contributed by atoms with Crippen LogP contribution in [0, 0.1) is 5.92 Å². The van der Waals surface area contributed by atoms with Crippen LogP contribution in [0.3, 0.4) is 0 Å². The molecule has 1 aromatic rings. The Balaban J connectivity index is 1.55. The van der Waals surface area contributed by atoms with Crippen LogP contribution in [0.5, 0.6) is 11.5 Å². The molecule has 9 nitrogen and oxygen atoms in total. The average molecular weight is 562 g/mol. The minimum atomic E-state index is -0.618. The summed E-state index contributed by atoms with van der Waals surface area (Å²) >= 11 is 0. The molecule has 2 fully saturated rings. The van der Waals surface area contributed by atoms with Gasteiger partial charge in [-0.05, 0) is 72.9 Å². The van der Waals surface area contributed by atoms with Crippen LogP contribution in [0.15, 0.2) is 29.8 Å². The van der Waals surface area contributed by atoms with Crippen molar-refractivity contribution in [2.45, 2.75) is 83.7 Å². The molecule has 3 aliphatic heterocycles. The molecule has 0 aliphatic carbocycles. The monoisotopic (exact) mass is 561 g/mol. The highest BCUT2D eigenvalue weighted by Crippen LogP contribution is 2.54. The Bertz CT molecular complexity index is 1050. The van der Waals surface area contributed by atoms with E-state index in [1.807, 2.05) is 39.0 Å². The van der Waals surface area contributed by atoms with Crippen LogP contribution < -0.4 is 9.47 Å². The first kappa shape index (κ1) is 30.6. The van der Waals surface area contributed by atoms with Crippen molar-refractivity contribution in [3.05, 3.63) is 35.4 Å². The van der Waals surface area contributed by atoms with Crippen LogP contribution in [0.1, 0.15) is 72.5 Å². The molecular weight excluding hydrogens is 514 g/mol. The van der Waals surface area contributed by atoms with Gasteiger partial charge >= 0.3 is 6.09 Å². The molecule has 0 radical (unpaired) electrons. The summed E-state index contributed by atoms with van der Waals surface area (Å²) in [6.45, 7) is 14.8. The highest BCUT2D eigenvalue weighted by molar-refractivity contribution is 5.68. The number of aliphatic hydroxyl groups excluding tert-OH is 1. The normalized spacial score (nSPS) is 27.8. The topological polar surface area (TPSA) is 95.9 Å². The number of morpholine rings is 1. The molecule has 4 atom stereocenters. The van der Waals surface area contributed by atoms with Crippen LogP contribution in [0.4, 0.5) is 4.79 Å². The number of rotatable bonds is 9. The van der Waals surface area contributed by atoms with Crippen molar-refractivity contribution in [3.8, 4) is 11.5 Å². The molecular formula is C31H47NO8. The molecule has 40 heavy (non-hydrogen) atoms. The minimum Gasteiger partial charge on any atom is -0.491 e. The summed E-state index contributed by atoms with van der Waals surface area (Å²) in [6.07, 6.45) is 4.17. The van der Waals surface area contributed by atoms with Crippen molar-refractivity contribution in [2.75, 3.05) is 52.7 Å². The van der Waals surface area contributed by atoms with Crippen LogP contribution >= 0.6 is 0 Å². The third-order valence-corrected chi connectivity index (χ3v) is 7.73. The maximum absolute atomic E-state index is 12.9. The van der Waals surface area contributed by atoms with Gasteiger partial charge in [-0.2, -0.15) is 0 Å². The number of fused-ring (bicyclic) bond motifs is 3. The number of nitrogens with zero attached hydrogens (tertiary/aromatic N) is 1. The van der Waals surface area contributed by atoms with Gasteiger partial charge in [0.15, 0.2) is 0 Å². The number of hydrogen-bond acceptors (Lipinski definition) is 8. The molecule has 1 amide bonds. The summed E-state index contributed by atoms with van der Waals surface area (Å²) in [5.74, 6) is 1.49. The van der Waals surface area contributed by atoms with Gasteiger partial charge < -0.3 is 38.4 Å². The van der Waals surface area contributed by atoms with Crippen molar-refractivity contribution in [3.63, 3.8) is 0 Å². The Labute approximate surface area is 238 Å². The van der Waals surface area contributed by atoms with Crippen LogP contribution in [-0.4, -0.2) is 85.6 Å². The summed E-state index contributed by atoms with van der Waals surface area (Å²) in [5.41, 5.74) is 0.582. The predicted molar refractivity (Wildman–Crippen MR) is 151 cm³/mol. The van der Waals surface area contributed by atoms with E-state index in [9.17, 15) is 4.79 Å². The van der Waals surface area contributed by atoms with Crippen LogP contribution in [0.25, 0.3) is 0 Å². The van der Waals surface area contributed by atoms with Gasteiger partial charge in [0.1, 0.15) is 34.9 Å². The third-order valence-electron chi connectivity index (χ3n) is 7.73. The standard InChI is InChI=1S/C31H47NO8/c1-22(2)8-7-11-30(6)25-19-31(20-32(12-14-38-31)28(34)40-29(3,4)5)21-37-27(25)24-10-9-23(18-26(24)39-30)36-17-16-35-15-13-33/h8-10,18,25,27,33H,7,11-17,19-21H2,1-6H3/t25-,27+,30-,31+/m0/s1. The van der Waals surface area contributed by atoms with E-state index in [1.165, 1.54) is 5.57 Å². The van der Waals surface area contributed by atoms with Crippen molar-refractivity contribution in [1.29, 1.82) is 0 Å². The van der Waals surface area contributed by atoms with Gasteiger partial charge in [0, 0.05) is 24.1 Å². The number of hydrogen-bond donors (Lipinski definition) is 1. The molecule has 0 bridgehead atoms. The molecule has 4 rings (SSSR count). The smallest absolute Gasteiger partial charge is 0.410 e. The Kier molecular flexibility index (Phi) is 9.70. The maximum Gasteiger partial charge on any atom is 0.410 e. The van der Waals surface area contributed by atoms with E-state index < -0.39 is 16.8 Å². The van der Waals surface area contributed by atoms with Crippen molar-refractivity contribution in [2.24, 2.45) is 5.92 Å². The largest absolute Gasteiger partial charge is 0.491 e. The zero-order valence-electron chi connectivity index (χ0n) is 25.0. The van der Waals surface area contributed by atoms with E-state index >= 15 is 0 Å². The highest BCUT2D eigenvalue weighted by Gasteiger charge is 2.55. The fraction of sp³-hybridized carbons (Fsp3) is 0.710. The molecule has 9 heteroatoms. The summed E-state index contributed by atoms with van der Waals surface area (Å²) in [5, 5.41) is 8.88. The maximum atomic E-state index is 12.9. The van der Waals surface area contributed by atoms with Crippen LogP contribution in [0.2, 0.25) is 0 Å². The van der Waals surface area contributed by atoms with Gasteiger partial charge in [0.2, 0.25) is 0 Å². The second-order valence-corrected chi connectivity index (χ2v) is 12.6. The first-order valence-corrected chi connectivity index (χ1v) is 14.4. The lowest BCUT2D eigenvalue weighted by atomic mass is 9.69. The first-order chi connectivity index (χ1) is 18.9.